The Kier molecular flexibility index (Phi) is 9.77. The highest BCUT2D eigenvalue weighted by molar-refractivity contribution is 7.91. The SMILES string of the molecule is CO[C@@]12C[C@@H](C(=O)NC3(C(=O)NS(=O)(=O)C4CC4)CC3)N(C1)C(=O)[C@H](C(C)(C)C)NC(=O)OCCCCCc1ccccc1-c1ccc2cc1. The maximum absolute atomic E-state index is 14.5. The first-order valence-corrected chi connectivity index (χ1v) is 19.1. The Morgan fingerprint density at radius 1 is 1.00 bits per heavy atom. The van der Waals surface area contributed by atoms with Crippen molar-refractivity contribution in [2.45, 2.75) is 107 Å². The number of hydrogen-bond donors (Lipinski definition) is 3. The molecule has 2 saturated carbocycles. The second-order valence-corrected chi connectivity index (χ2v) is 17.2. The Bertz CT molecular complexity index is 1750. The number of hydrogen-bond acceptors (Lipinski definition) is 8. The van der Waals surface area contributed by atoms with E-state index in [0.29, 0.717) is 19.3 Å². The van der Waals surface area contributed by atoms with Crippen molar-refractivity contribution >= 4 is 33.8 Å². The number of rotatable bonds is 6. The lowest BCUT2D eigenvalue weighted by Crippen LogP contribution is -2.59. The smallest absolute Gasteiger partial charge is 0.407 e. The van der Waals surface area contributed by atoms with Crippen molar-refractivity contribution in [1.29, 1.82) is 0 Å². The summed E-state index contributed by atoms with van der Waals surface area (Å²) in [5.41, 5.74) is 0.862. The van der Waals surface area contributed by atoms with Gasteiger partial charge in [-0.15, -0.1) is 0 Å². The number of sulfonamides is 1. The van der Waals surface area contributed by atoms with E-state index < -0.39 is 67.7 Å². The Morgan fingerprint density at radius 2 is 1.70 bits per heavy atom. The first kappa shape index (κ1) is 35.8. The van der Waals surface area contributed by atoms with Gasteiger partial charge < -0.3 is 25.0 Å². The Hall–Kier alpha value is -3.97. The van der Waals surface area contributed by atoms with E-state index in [1.807, 2.05) is 57.2 Å². The summed E-state index contributed by atoms with van der Waals surface area (Å²) in [6.45, 7) is 5.65. The first-order chi connectivity index (χ1) is 23.7. The fourth-order valence-electron chi connectivity index (χ4n) is 7.06. The summed E-state index contributed by atoms with van der Waals surface area (Å²) >= 11 is 0. The molecule has 3 fully saturated rings. The molecular weight excluding hydrogens is 660 g/mol. The van der Waals surface area contributed by atoms with Crippen molar-refractivity contribution in [3.05, 3.63) is 59.7 Å². The van der Waals surface area contributed by atoms with E-state index in [-0.39, 0.29) is 32.4 Å². The van der Waals surface area contributed by atoms with Gasteiger partial charge in [-0.2, -0.15) is 0 Å². The summed E-state index contributed by atoms with van der Waals surface area (Å²) in [6, 6.07) is 14.1. The molecule has 3 N–H and O–H groups in total. The molecule has 270 valence electrons. The van der Waals surface area contributed by atoms with E-state index in [0.717, 1.165) is 36.0 Å². The molecular formula is C37H48N4O8S. The summed E-state index contributed by atoms with van der Waals surface area (Å²) in [5, 5.41) is 4.98. The zero-order chi connectivity index (χ0) is 35.9. The number of methoxy groups -OCH3 is 1. The average molecular weight is 709 g/mol. The molecule has 0 aromatic heterocycles. The van der Waals surface area contributed by atoms with E-state index in [1.165, 1.54) is 17.6 Å². The molecule has 4 amide bonds. The molecule has 7 rings (SSSR count). The van der Waals surface area contributed by atoms with Crippen LogP contribution in [0.4, 0.5) is 4.79 Å². The van der Waals surface area contributed by atoms with E-state index in [4.69, 9.17) is 9.47 Å². The number of ether oxygens (including phenoxy) is 2. The summed E-state index contributed by atoms with van der Waals surface area (Å²) in [4.78, 5) is 56.4. The lowest BCUT2D eigenvalue weighted by Gasteiger charge is -2.35. The predicted molar refractivity (Wildman–Crippen MR) is 186 cm³/mol. The number of amides is 4. The quantitative estimate of drug-likeness (QED) is 0.407. The summed E-state index contributed by atoms with van der Waals surface area (Å²) in [7, 11) is -2.29. The molecule has 2 aromatic carbocycles. The molecule has 3 heterocycles. The van der Waals surface area contributed by atoms with Gasteiger partial charge in [0.1, 0.15) is 23.2 Å². The molecule has 3 aliphatic heterocycles. The highest BCUT2D eigenvalue weighted by atomic mass is 32.2. The van der Waals surface area contributed by atoms with E-state index >= 15 is 0 Å². The number of benzene rings is 2. The van der Waals surface area contributed by atoms with Crippen molar-refractivity contribution in [3.63, 3.8) is 0 Å². The number of nitrogens with one attached hydrogen (secondary N) is 3. The highest BCUT2D eigenvalue weighted by Crippen LogP contribution is 2.43. The molecule has 12 nitrogen and oxygen atoms in total. The molecule has 4 bridgehead atoms. The van der Waals surface area contributed by atoms with Crippen LogP contribution < -0.4 is 15.4 Å². The van der Waals surface area contributed by atoms with Gasteiger partial charge >= 0.3 is 6.09 Å². The van der Waals surface area contributed by atoms with Crippen LogP contribution in [0.3, 0.4) is 0 Å². The molecule has 2 aliphatic carbocycles. The number of carbonyl (C=O) groups excluding carboxylic acids is 4. The minimum Gasteiger partial charge on any atom is -0.450 e. The number of fused-ring (bicyclic) bond motifs is 11. The third-order valence-electron chi connectivity index (χ3n) is 10.5. The van der Waals surface area contributed by atoms with Gasteiger partial charge in [-0.3, -0.25) is 19.1 Å². The topological polar surface area (TPSA) is 160 Å². The van der Waals surface area contributed by atoms with Crippen molar-refractivity contribution < 1.29 is 37.1 Å². The van der Waals surface area contributed by atoms with Crippen molar-refractivity contribution in [2.24, 2.45) is 5.41 Å². The fourth-order valence-corrected chi connectivity index (χ4v) is 8.44. The normalized spacial score (nSPS) is 25.6. The van der Waals surface area contributed by atoms with E-state index in [1.54, 1.807) is 0 Å². The maximum atomic E-state index is 14.5. The van der Waals surface area contributed by atoms with Crippen LogP contribution >= 0.6 is 0 Å². The zero-order valence-corrected chi connectivity index (χ0v) is 30.1. The fraction of sp³-hybridized carbons (Fsp3) is 0.568. The lowest BCUT2D eigenvalue weighted by atomic mass is 9.85. The van der Waals surface area contributed by atoms with Crippen LogP contribution in [0.5, 0.6) is 0 Å². The summed E-state index contributed by atoms with van der Waals surface area (Å²) in [6.07, 6.45) is 4.17. The molecule has 13 heteroatoms. The van der Waals surface area contributed by atoms with Gasteiger partial charge in [0.05, 0.1) is 18.4 Å². The molecule has 5 aliphatic rings. The van der Waals surface area contributed by atoms with Gasteiger partial charge in [0.2, 0.25) is 21.8 Å². The maximum Gasteiger partial charge on any atom is 0.407 e. The van der Waals surface area contributed by atoms with Gasteiger partial charge in [0, 0.05) is 13.5 Å². The Morgan fingerprint density at radius 3 is 2.34 bits per heavy atom. The van der Waals surface area contributed by atoms with Gasteiger partial charge in [0.25, 0.3) is 5.91 Å². The number of carbonyl (C=O) groups is 4. The van der Waals surface area contributed by atoms with E-state index in [2.05, 4.69) is 27.5 Å². The summed E-state index contributed by atoms with van der Waals surface area (Å²) < 4.78 is 39.0. The molecule has 3 atom stereocenters. The minimum atomic E-state index is -3.83. The van der Waals surface area contributed by atoms with Crippen LogP contribution in [0.15, 0.2) is 48.5 Å². The second kappa shape index (κ2) is 13.6. The number of aryl methyl sites for hydroxylation is 1. The van der Waals surface area contributed by atoms with Crippen LogP contribution in [0.2, 0.25) is 0 Å². The van der Waals surface area contributed by atoms with Gasteiger partial charge in [-0.1, -0.05) is 69.3 Å². The third kappa shape index (κ3) is 7.39. The monoisotopic (exact) mass is 708 g/mol. The van der Waals surface area contributed by atoms with Crippen LogP contribution in [0, 0.1) is 5.41 Å². The zero-order valence-electron chi connectivity index (χ0n) is 29.3. The largest absolute Gasteiger partial charge is 0.450 e. The third-order valence-corrected chi connectivity index (χ3v) is 12.3. The van der Waals surface area contributed by atoms with Crippen LogP contribution in [0.1, 0.15) is 83.3 Å². The van der Waals surface area contributed by atoms with E-state index in [9.17, 15) is 27.6 Å². The number of alkyl carbamates (subject to hydrolysis) is 1. The number of nitrogens with zero attached hydrogens (tertiary/aromatic N) is 1. The van der Waals surface area contributed by atoms with Crippen LogP contribution in [-0.4, -0.2) is 80.3 Å². The van der Waals surface area contributed by atoms with Crippen LogP contribution in [-0.2, 0) is 45.9 Å². The molecule has 0 radical (unpaired) electrons. The Labute approximate surface area is 294 Å². The van der Waals surface area contributed by atoms with Gasteiger partial charge in [-0.25, -0.2) is 13.2 Å². The molecule has 1 saturated heterocycles. The van der Waals surface area contributed by atoms with Crippen molar-refractivity contribution in [3.8, 4) is 11.1 Å². The first-order valence-electron chi connectivity index (χ1n) is 17.5. The van der Waals surface area contributed by atoms with Crippen molar-refractivity contribution in [1.82, 2.24) is 20.3 Å². The second-order valence-electron chi connectivity index (χ2n) is 15.3. The molecule has 50 heavy (non-hydrogen) atoms. The van der Waals surface area contributed by atoms with Gasteiger partial charge in [-0.05, 0) is 79.0 Å². The Balaban J connectivity index is 1.35. The lowest BCUT2D eigenvalue weighted by molar-refractivity contribution is -0.143. The predicted octanol–water partition coefficient (Wildman–Crippen LogP) is 3.92. The molecule has 0 unspecified atom stereocenters. The standard InChI is InChI=1S/C37H48N4O8S/c1-35(2,3)30-32(43)41-23-37(48-4,22-29(41)31(42)39-36(19-20-36)33(44)40-50(46,47)27-17-18-27)26-15-13-25(14-16-26)28-12-8-7-11-24(28)10-6-5-9-21-49-34(45)38-30/h7-8,11-16,27,29-30H,5-6,9-10,17-23H2,1-4H3,(H,38,45)(H,39,42)(H,40,44)/t29-,30+,37-/m0/s1. The minimum absolute atomic E-state index is 0.00504. The van der Waals surface area contributed by atoms with Crippen LogP contribution in [0.25, 0.3) is 11.1 Å². The van der Waals surface area contributed by atoms with Gasteiger partial charge in [0.15, 0.2) is 0 Å². The average Bonchev–Trinajstić information content (AvgIpc) is 4.02. The highest BCUT2D eigenvalue weighted by Gasteiger charge is 2.57. The van der Waals surface area contributed by atoms with Crippen molar-refractivity contribution in [2.75, 3.05) is 20.3 Å². The molecule has 2 aromatic rings. The summed E-state index contributed by atoms with van der Waals surface area (Å²) in [5.74, 6) is -1.87. The molecule has 0 spiro atoms.